The molecule has 2 aromatic heterocycles. The van der Waals surface area contributed by atoms with E-state index < -0.39 is 0 Å². The summed E-state index contributed by atoms with van der Waals surface area (Å²) in [6, 6.07) is 13.7. The molecule has 30 heavy (non-hydrogen) atoms. The number of halogens is 1. The lowest BCUT2D eigenvalue weighted by molar-refractivity contribution is -0.00122. The van der Waals surface area contributed by atoms with Gasteiger partial charge >= 0.3 is 0 Å². The lowest BCUT2D eigenvalue weighted by atomic mass is 10.1. The van der Waals surface area contributed by atoms with Crippen molar-refractivity contribution in [3.05, 3.63) is 65.6 Å². The maximum absolute atomic E-state index is 13.5. The van der Waals surface area contributed by atoms with E-state index in [0.717, 1.165) is 22.8 Å². The predicted octanol–water partition coefficient (Wildman–Crippen LogP) is 3.74. The minimum atomic E-state index is -0.358. The molecule has 0 saturated carbocycles. The molecular weight excluding hydrogens is 391 g/mol. The van der Waals surface area contributed by atoms with Crippen LogP contribution in [0.2, 0.25) is 0 Å². The maximum atomic E-state index is 13.5. The van der Waals surface area contributed by atoms with Gasteiger partial charge in [-0.3, -0.25) is 4.68 Å². The Labute approximate surface area is 169 Å². The minimum absolute atomic E-state index is 0.162. The van der Waals surface area contributed by atoms with Gasteiger partial charge in [-0.2, -0.15) is 10.1 Å². The molecule has 6 rings (SSSR count). The molecular formula is C21H15FN4O4. The highest BCUT2D eigenvalue weighted by Gasteiger charge is 2.26. The normalized spacial score (nSPS) is 17.2. The molecule has 4 aromatic rings. The van der Waals surface area contributed by atoms with E-state index in [1.807, 2.05) is 28.9 Å². The average molecular weight is 406 g/mol. The van der Waals surface area contributed by atoms with Crippen molar-refractivity contribution >= 4 is 0 Å². The Bertz CT molecular complexity index is 1250. The second kappa shape index (κ2) is 6.67. The molecule has 0 N–H and O–H groups in total. The number of rotatable bonds is 3. The van der Waals surface area contributed by atoms with Crippen molar-refractivity contribution in [1.82, 2.24) is 19.9 Å². The quantitative estimate of drug-likeness (QED) is 0.512. The fourth-order valence-electron chi connectivity index (χ4n) is 3.62. The molecule has 8 nitrogen and oxygen atoms in total. The topological polar surface area (TPSA) is 84.4 Å². The molecule has 0 radical (unpaired) electrons. The van der Waals surface area contributed by atoms with Crippen LogP contribution >= 0.6 is 0 Å². The first-order chi connectivity index (χ1) is 14.7. The standard InChI is InChI=1S/C21H15FN4O4/c22-14-3-1-2-13(6-14)20-23-21(30-25-20)16-8-15-10-27-19(9-26(15)24-16)12-4-5-17-18(7-12)29-11-28-17/h1-8,19H,9-11H2. The van der Waals surface area contributed by atoms with Crippen LogP contribution in [0.15, 0.2) is 53.1 Å². The van der Waals surface area contributed by atoms with E-state index in [2.05, 4.69) is 15.2 Å². The van der Waals surface area contributed by atoms with Gasteiger partial charge in [0.1, 0.15) is 11.9 Å². The molecule has 2 aliphatic rings. The number of ether oxygens (including phenoxy) is 3. The summed E-state index contributed by atoms with van der Waals surface area (Å²) in [5.41, 5.74) is 3.00. The summed E-state index contributed by atoms with van der Waals surface area (Å²) in [5, 5.41) is 8.55. The van der Waals surface area contributed by atoms with E-state index in [1.165, 1.54) is 12.1 Å². The summed E-state index contributed by atoms with van der Waals surface area (Å²) in [6.45, 7) is 1.18. The van der Waals surface area contributed by atoms with Crippen LogP contribution in [0.5, 0.6) is 11.5 Å². The molecule has 2 aromatic carbocycles. The Morgan fingerprint density at radius 1 is 1.03 bits per heavy atom. The summed E-state index contributed by atoms with van der Waals surface area (Å²) < 4.78 is 37.5. The maximum Gasteiger partial charge on any atom is 0.278 e. The SMILES string of the molecule is Fc1cccc(-c2noc(-c3cc4n(n3)CC(c3ccc5c(c3)OCO5)OC4)n2)c1. The Morgan fingerprint density at radius 2 is 1.97 bits per heavy atom. The highest BCUT2D eigenvalue weighted by atomic mass is 19.1. The van der Waals surface area contributed by atoms with Crippen LogP contribution in [0.25, 0.3) is 23.0 Å². The molecule has 150 valence electrons. The highest BCUT2D eigenvalue weighted by Crippen LogP contribution is 2.37. The van der Waals surface area contributed by atoms with Crippen LogP contribution in [-0.2, 0) is 17.9 Å². The molecule has 2 aliphatic heterocycles. The van der Waals surface area contributed by atoms with Crippen molar-refractivity contribution in [2.45, 2.75) is 19.3 Å². The predicted molar refractivity (Wildman–Crippen MR) is 101 cm³/mol. The Morgan fingerprint density at radius 3 is 2.90 bits per heavy atom. The Hall–Kier alpha value is -3.72. The van der Waals surface area contributed by atoms with Crippen LogP contribution in [-0.4, -0.2) is 26.7 Å². The van der Waals surface area contributed by atoms with Gasteiger partial charge in [-0.1, -0.05) is 23.4 Å². The van der Waals surface area contributed by atoms with E-state index in [0.29, 0.717) is 30.2 Å². The molecule has 0 spiro atoms. The number of nitrogens with zero attached hydrogens (tertiary/aromatic N) is 4. The smallest absolute Gasteiger partial charge is 0.278 e. The highest BCUT2D eigenvalue weighted by molar-refractivity contribution is 5.58. The average Bonchev–Trinajstić information content (AvgIpc) is 3.51. The van der Waals surface area contributed by atoms with E-state index in [-0.39, 0.29) is 24.6 Å². The van der Waals surface area contributed by atoms with Crippen LogP contribution in [0.3, 0.4) is 0 Å². The van der Waals surface area contributed by atoms with Gasteiger partial charge in [-0.15, -0.1) is 0 Å². The molecule has 0 fully saturated rings. The third-order valence-electron chi connectivity index (χ3n) is 5.13. The van der Waals surface area contributed by atoms with Gasteiger partial charge in [-0.05, 0) is 35.9 Å². The monoisotopic (exact) mass is 406 g/mol. The third kappa shape index (κ3) is 2.91. The Kier molecular flexibility index (Phi) is 3.81. The molecule has 0 bridgehead atoms. The van der Waals surface area contributed by atoms with Gasteiger partial charge < -0.3 is 18.7 Å². The fourth-order valence-corrected chi connectivity index (χ4v) is 3.62. The summed E-state index contributed by atoms with van der Waals surface area (Å²) in [4.78, 5) is 4.36. The summed E-state index contributed by atoms with van der Waals surface area (Å²) in [6.07, 6.45) is -0.162. The summed E-state index contributed by atoms with van der Waals surface area (Å²) >= 11 is 0. The zero-order valence-electron chi connectivity index (χ0n) is 15.6. The first kappa shape index (κ1) is 17.2. The van der Waals surface area contributed by atoms with Gasteiger partial charge in [0, 0.05) is 5.56 Å². The van der Waals surface area contributed by atoms with E-state index in [4.69, 9.17) is 18.7 Å². The van der Waals surface area contributed by atoms with Crippen LogP contribution in [0.1, 0.15) is 17.4 Å². The van der Waals surface area contributed by atoms with Crippen LogP contribution in [0.4, 0.5) is 4.39 Å². The van der Waals surface area contributed by atoms with E-state index >= 15 is 0 Å². The number of aromatic nitrogens is 4. The van der Waals surface area contributed by atoms with Crippen molar-refractivity contribution in [3.8, 4) is 34.5 Å². The molecule has 0 amide bonds. The van der Waals surface area contributed by atoms with Gasteiger partial charge in [0.15, 0.2) is 17.2 Å². The van der Waals surface area contributed by atoms with E-state index in [1.54, 1.807) is 12.1 Å². The minimum Gasteiger partial charge on any atom is -0.454 e. The Balaban J connectivity index is 1.26. The zero-order chi connectivity index (χ0) is 20.1. The lowest BCUT2D eigenvalue weighted by Crippen LogP contribution is -2.21. The van der Waals surface area contributed by atoms with Crippen molar-refractivity contribution in [2.75, 3.05) is 6.79 Å². The zero-order valence-corrected chi connectivity index (χ0v) is 15.6. The third-order valence-corrected chi connectivity index (χ3v) is 5.13. The largest absolute Gasteiger partial charge is 0.454 e. The number of benzene rings is 2. The van der Waals surface area contributed by atoms with Gasteiger partial charge in [0.2, 0.25) is 12.6 Å². The van der Waals surface area contributed by atoms with Gasteiger partial charge in [-0.25, -0.2) is 4.39 Å². The van der Waals surface area contributed by atoms with Crippen molar-refractivity contribution in [3.63, 3.8) is 0 Å². The fraction of sp³-hybridized carbons (Fsp3) is 0.190. The van der Waals surface area contributed by atoms with E-state index in [9.17, 15) is 4.39 Å². The second-order valence-electron chi connectivity index (χ2n) is 7.05. The van der Waals surface area contributed by atoms with Crippen molar-refractivity contribution < 1.29 is 23.1 Å². The first-order valence-electron chi connectivity index (χ1n) is 9.41. The summed E-state index contributed by atoms with van der Waals surface area (Å²) in [5.74, 6) is 1.68. The van der Waals surface area contributed by atoms with Crippen LogP contribution in [0, 0.1) is 5.82 Å². The van der Waals surface area contributed by atoms with Gasteiger partial charge in [0.05, 0.1) is 18.8 Å². The molecule has 1 unspecified atom stereocenters. The number of hydrogen-bond donors (Lipinski definition) is 0. The molecule has 1 atom stereocenters. The first-order valence-corrected chi connectivity index (χ1v) is 9.41. The lowest BCUT2D eigenvalue weighted by Gasteiger charge is -2.24. The molecule has 9 heteroatoms. The molecule has 0 saturated heterocycles. The molecule has 4 heterocycles. The van der Waals surface area contributed by atoms with Gasteiger partial charge in [0.25, 0.3) is 5.89 Å². The molecule has 0 aliphatic carbocycles. The second-order valence-corrected chi connectivity index (χ2v) is 7.05. The van der Waals surface area contributed by atoms with Crippen molar-refractivity contribution in [2.24, 2.45) is 0 Å². The van der Waals surface area contributed by atoms with Crippen LogP contribution < -0.4 is 9.47 Å². The number of fused-ring (bicyclic) bond motifs is 2. The summed E-state index contributed by atoms with van der Waals surface area (Å²) in [7, 11) is 0. The number of hydrogen-bond acceptors (Lipinski definition) is 7. The van der Waals surface area contributed by atoms with Crippen molar-refractivity contribution in [1.29, 1.82) is 0 Å².